The normalized spacial score (nSPS) is 12.9. The minimum atomic E-state index is 0.594. The molecule has 0 spiro atoms. The first-order chi connectivity index (χ1) is 18.0. The van der Waals surface area contributed by atoms with Gasteiger partial charge in [-0.05, 0) is 60.2 Å². The van der Waals surface area contributed by atoms with Gasteiger partial charge in [0.2, 0.25) is 0 Å². The highest BCUT2D eigenvalue weighted by Gasteiger charge is 2.27. The summed E-state index contributed by atoms with van der Waals surface area (Å²) in [5.74, 6) is 0.791. The molecule has 0 aliphatic carbocycles. The summed E-state index contributed by atoms with van der Waals surface area (Å²) in [5.41, 5.74) is 7.85. The number of pyridine rings is 1. The Hall–Kier alpha value is -3.31. The highest BCUT2D eigenvalue weighted by molar-refractivity contribution is 9.10. The molecule has 37 heavy (non-hydrogen) atoms. The van der Waals surface area contributed by atoms with Crippen molar-refractivity contribution in [3.8, 4) is 16.9 Å². The van der Waals surface area contributed by atoms with Crippen LogP contribution >= 0.6 is 39.1 Å². The van der Waals surface area contributed by atoms with Crippen molar-refractivity contribution in [1.29, 1.82) is 0 Å². The highest BCUT2D eigenvalue weighted by atomic mass is 79.9. The zero-order valence-corrected chi connectivity index (χ0v) is 23.0. The van der Waals surface area contributed by atoms with Gasteiger partial charge in [0.25, 0.3) is 0 Å². The number of hydrogen-bond acceptors (Lipinski definition) is 3. The van der Waals surface area contributed by atoms with E-state index in [4.69, 9.17) is 32.9 Å². The summed E-state index contributed by atoms with van der Waals surface area (Å²) >= 11 is 17.3. The van der Waals surface area contributed by atoms with Gasteiger partial charge in [0.1, 0.15) is 5.75 Å². The summed E-state index contributed by atoms with van der Waals surface area (Å²) in [6, 6.07) is 28.2. The molecule has 6 heteroatoms. The molecule has 0 fully saturated rings. The number of halogens is 3. The van der Waals surface area contributed by atoms with Crippen LogP contribution in [-0.2, 0) is 0 Å². The first kappa shape index (κ1) is 24.1. The van der Waals surface area contributed by atoms with Gasteiger partial charge in [-0.15, -0.1) is 0 Å². The number of benzene rings is 4. The number of anilines is 2. The Balaban J connectivity index is 1.58. The maximum Gasteiger partial charge on any atom is 0.128 e. The molecule has 182 valence electrons. The van der Waals surface area contributed by atoms with Crippen molar-refractivity contribution in [2.24, 2.45) is 0 Å². The van der Waals surface area contributed by atoms with Crippen LogP contribution in [0.3, 0.4) is 0 Å². The second-order valence-electron chi connectivity index (χ2n) is 8.80. The lowest BCUT2D eigenvalue weighted by atomic mass is 9.94. The van der Waals surface area contributed by atoms with Crippen molar-refractivity contribution in [1.82, 2.24) is 4.98 Å². The van der Waals surface area contributed by atoms with Gasteiger partial charge < -0.3 is 9.64 Å². The molecule has 6 rings (SSSR count). The summed E-state index contributed by atoms with van der Waals surface area (Å²) in [7, 11) is 1.69. The summed E-state index contributed by atoms with van der Waals surface area (Å²) in [4.78, 5) is 6.99. The molecule has 2 heterocycles. The minimum absolute atomic E-state index is 0.594. The smallest absolute Gasteiger partial charge is 0.128 e. The van der Waals surface area contributed by atoms with Crippen molar-refractivity contribution in [3.05, 3.63) is 117 Å². The molecule has 0 N–H and O–H groups in total. The number of para-hydroxylation sites is 1. The molecule has 0 saturated heterocycles. The van der Waals surface area contributed by atoms with Gasteiger partial charge in [0.05, 0.1) is 29.0 Å². The van der Waals surface area contributed by atoms with Gasteiger partial charge in [0.15, 0.2) is 0 Å². The van der Waals surface area contributed by atoms with Gasteiger partial charge in [-0.25, -0.2) is 0 Å². The van der Waals surface area contributed by atoms with E-state index in [1.165, 1.54) is 0 Å². The monoisotopic (exact) mass is 586 g/mol. The first-order valence-electron chi connectivity index (χ1n) is 11.8. The van der Waals surface area contributed by atoms with Gasteiger partial charge in [-0.3, -0.25) is 4.98 Å². The third-order valence-electron chi connectivity index (χ3n) is 6.65. The van der Waals surface area contributed by atoms with E-state index in [-0.39, 0.29) is 0 Å². The van der Waals surface area contributed by atoms with E-state index in [1.54, 1.807) is 7.11 Å². The van der Waals surface area contributed by atoms with E-state index < -0.39 is 0 Å². The molecule has 4 aromatic carbocycles. The van der Waals surface area contributed by atoms with E-state index in [1.807, 2.05) is 66.9 Å². The standard InChI is InChI=1S/C31H21BrCl2N2O/c1-37-29-14-6-12-27-22(29)16-21(30-23(32)8-4-9-24(30)33)18-36(27)28-13-5-10-25(34)31(28)20-15-19-7-2-3-11-26(19)35-17-20/h2-17H,18H2,1H3. The number of nitrogens with zero attached hydrogens (tertiary/aromatic N) is 2. The molecular weight excluding hydrogens is 567 g/mol. The van der Waals surface area contributed by atoms with Gasteiger partial charge >= 0.3 is 0 Å². The molecule has 0 saturated carbocycles. The van der Waals surface area contributed by atoms with E-state index in [2.05, 4.69) is 51.2 Å². The van der Waals surface area contributed by atoms with Crippen molar-refractivity contribution in [2.75, 3.05) is 18.6 Å². The Labute approximate surface area is 234 Å². The molecule has 0 unspecified atom stereocenters. The molecule has 3 nitrogen and oxygen atoms in total. The van der Waals surface area contributed by atoms with Crippen LogP contribution in [-0.4, -0.2) is 18.6 Å². The fourth-order valence-corrected chi connectivity index (χ4v) is 6.28. The van der Waals surface area contributed by atoms with Gasteiger partial charge in [-0.1, -0.05) is 75.5 Å². The average molecular weight is 588 g/mol. The largest absolute Gasteiger partial charge is 0.496 e. The zero-order chi connectivity index (χ0) is 25.5. The van der Waals surface area contributed by atoms with Crippen LogP contribution in [0.2, 0.25) is 10.0 Å². The van der Waals surface area contributed by atoms with Crippen molar-refractivity contribution in [3.63, 3.8) is 0 Å². The lowest BCUT2D eigenvalue weighted by molar-refractivity contribution is 0.414. The van der Waals surface area contributed by atoms with E-state index in [0.29, 0.717) is 16.6 Å². The number of rotatable bonds is 4. The fourth-order valence-electron chi connectivity index (χ4n) is 4.97. The molecular formula is C31H21BrCl2N2O. The van der Waals surface area contributed by atoms with Crippen LogP contribution < -0.4 is 9.64 Å². The van der Waals surface area contributed by atoms with E-state index in [9.17, 15) is 0 Å². The minimum Gasteiger partial charge on any atom is -0.496 e. The number of ether oxygens (including phenoxy) is 1. The van der Waals surface area contributed by atoms with Crippen molar-refractivity contribution in [2.45, 2.75) is 0 Å². The Morgan fingerprint density at radius 1 is 0.838 bits per heavy atom. The number of fused-ring (bicyclic) bond motifs is 2. The molecule has 1 aliphatic heterocycles. The Morgan fingerprint density at radius 2 is 1.57 bits per heavy atom. The van der Waals surface area contributed by atoms with Crippen LogP contribution in [0.25, 0.3) is 33.7 Å². The molecule has 0 radical (unpaired) electrons. The SMILES string of the molecule is COc1cccc2c1C=C(c1c(Cl)cccc1Br)CN2c1cccc(Cl)c1-c1cnc2ccccc2c1. The molecule has 0 bridgehead atoms. The van der Waals surface area contributed by atoms with Crippen molar-refractivity contribution < 1.29 is 4.74 Å². The predicted molar refractivity (Wildman–Crippen MR) is 159 cm³/mol. The van der Waals surface area contributed by atoms with Crippen LogP contribution in [0.4, 0.5) is 11.4 Å². The Morgan fingerprint density at radius 3 is 2.38 bits per heavy atom. The second kappa shape index (κ2) is 9.86. The summed E-state index contributed by atoms with van der Waals surface area (Å²) < 4.78 is 6.72. The van der Waals surface area contributed by atoms with Gasteiger partial charge in [0, 0.05) is 49.9 Å². The Bertz CT molecular complexity index is 1680. The molecule has 0 atom stereocenters. The van der Waals surface area contributed by atoms with Crippen LogP contribution in [0.1, 0.15) is 11.1 Å². The number of hydrogen-bond donors (Lipinski definition) is 0. The lowest BCUT2D eigenvalue weighted by Gasteiger charge is -2.34. The summed E-state index contributed by atoms with van der Waals surface area (Å²) in [6.07, 6.45) is 4.06. The Kier molecular flexibility index (Phi) is 6.41. The van der Waals surface area contributed by atoms with Gasteiger partial charge in [-0.2, -0.15) is 0 Å². The number of methoxy groups -OCH3 is 1. The van der Waals surface area contributed by atoms with E-state index in [0.717, 1.165) is 60.3 Å². The average Bonchev–Trinajstić information content (AvgIpc) is 2.92. The zero-order valence-electron chi connectivity index (χ0n) is 19.9. The number of aromatic nitrogens is 1. The molecule has 5 aromatic rings. The maximum atomic E-state index is 6.90. The fraction of sp³-hybridized carbons (Fsp3) is 0.0645. The second-order valence-corrected chi connectivity index (χ2v) is 10.5. The third-order valence-corrected chi connectivity index (χ3v) is 7.94. The summed E-state index contributed by atoms with van der Waals surface area (Å²) in [5, 5.41) is 2.41. The summed E-state index contributed by atoms with van der Waals surface area (Å²) in [6.45, 7) is 0.594. The highest BCUT2D eigenvalue weighted by Crippen LogP contribution is 2.47. The van der Waals surface area contributed by atoms with E-state index >= 15 is 0 Å². The maximum absolute atomic E-state index is 6.90. The van der Waals surface area contributed by atoms with Crippen molar-refractivity contribution >= 4 is 73.1 Å². The van der Waals surface area contributed by atoms with Crippen LogP contribution in [0.5, 0.6) is 5.75 Å². The lowest BCUT2D eigenvalue weighted by Crippen LogP contribution is -2.24. The predicted octanol–water partition coefficient (Wildman–Crippen LogP) is 9.67. The van der Waals surface area contributed by atoms with Crippen LogP contribution in [0.15, 0.2) is 95.6 Å². The third kappa shape index (κ3) is 4.29. The topological polar surface area (TPSA) is 25.4 Å². The quantitative estimate of drug-likeness (QED) is 0.209. The molecule has 0 amide bonds. The van der Waals surface area contributed by atoms with Crippen LogP contribution in [0, 0.1) is 0 Å². The first-order valence-corrected chi connectivity index (χ1v) is 13.3. The molecule has 1 aromatic heterocycles. The molecule has 1 aliphatic rings.